The van der Waals surface area contributed by atoms with Crippen LogP contribution in [-0.4, -0.2) is 26.6 Å². The van der Waals surface area contributed by atoms with Crippen molar-refractivity contribution >= 4 is 28.6 Å². The van der Waals surface area contributed by atoms with Crippen molar-refractivity contribution in [2.75, 3.05) is 5.32 Å². The van der Waals surface area contributed by atoms with E-state index in [-0.39, 0.29) is 5.91 Å². The first-order valence-electron chi connectivity index (χ1n) is 8.54. The van der Waals surface area contributed by atoms with Crippen molar-refractivity contribution in [2.45, 2.75) is 6.92 Å². The Labute approximate surface area is 160 Å². The van der Waals surface area contributed by atoms with Crippen molar-refractivity contribution in [1.82, 2.24) is 14.8 Å². The zero-order chi connectivity index (χ0) is 19.8. The summed E-state index contributed by atoms with van der Waals surface area (Å²) in [5.74, 6) is -0.450. The molecule has 0 radical (unpaired) electrons. The molecule has 3 N–H and O–H groups in total. The number of aromatic nitrogens is 3. The number of nitrogens with zero attached hydrogens (tertiary/aromatic N) is 3. The average Bonchev–Trinajstić information content (AvgIpc) is 3.29. The van der Waals surface area contributed by atoms with Gasteiger partial charge in [-0.1, -0.05) is 6.07 Å². The summed E-state index contributed by atoms with van der Waals surface area (Å²) in [6.45, 7) is 1.89. The largest absolute Gasteiger partial charge is 0.435 e. The molecule has 0 saturated carbocycles. The fraction of sp³-hybridized carbons (Fsp3) is 0.100. The lowest BCUT2D eigenvalue weighted by Gasteiger charge is -2.05. The minimum Gasteiger partial charge on any atom is -0.435 e. The molecule has 0 aliphatic carbocycles. The van der Waals surface area contributed by atoms with Crippen LogP contribution in [0.3, 0.4) is 0 Å². The van der Waals surface area contributed by atoms with E-state index in [2.05, 4.69) is 15.4 Å². The summed E-state index contributed by atoms with van der Waals surface area (Å²) in [6, 6.07) is 12.1. The van der Waals surface area contributed by atoms with Crippen LogP contribution in [0, 0.1) is 6.92 Å². The molecule has 4 aromatic rings. The summed E-state index contributed by atoms with van der Waals surface area (Å²) in [4.78, 5) is 28.4. The number of primary amides is 1. The van der Waals surface area contributed by atoms with Crippen molar-refractivity contribution in [2.24, 2.45) is 12.8 Å². The fourth-order valence-corrected chi connectivity index (χ4v) is 2.94. The molecule has 2 aromatic heterocycles. The van der Waals surface area contributed by atoms with E-state index < -0.39 is 5.91 Å². The molecule has 140 valence electrons. The number of anilines is 1. The maximum absolute atomic E-state index is 12.3. The third-order valence-corrected chi connectivity index (χ3v) is 4.45. The predicted molar refractivity (Wildman–Crippen MR) is 104 cm³/mol. The third-order valence-electron chi connectivity index (χ3n) is 4.45. The maximum Gasteiger partial charge on any atom is 0.273 e. The molecule has 2 heterocycles. The van der Waals surface area contributed by atoms with Crippen LogP contribution < -0.4 is 11.1 Å². The first kappa shape index (κ1) is 17.5. The van der Waals surface area contributed by atoms with E-state index in [1.807, 2.05) is 6.92 Å². The number of oxazole rings is 1. The van der Waals surface area contributed by atoms with Gasteiger partial charge in [0.15, 0.2) is 5.58 Å². The molecule has 2 amide bonds. The summed E-state index contributed by atoms with van der Waals surface area (Å²) >= 11 is 0. The molecule has 8 nitrogen and oxygen atoms in total. The van der Waals surface area contributed by atoms with E-state index in [0.717, 1.165) is 5.56 Å². The highest BCUT2D eigenvalue weighted by Gasteiger charge is 2.17. The number of aryl methyl sites for hydroxylation is 2. The Hall–Kier alpha value is -3.94. The Morgan fingerprint density at radius 2 is 1.86 bits per heavy atom. The van der Waals surface area contributed by atoms with Gasteiger partial charge in [-0.25, -0.2) is 4.98 Å². The molecular weight excluding hydrogens is 358 g/mol. The lowest BCUT2D eigenvalue weighted by atomic mass is 10.1. The topological polar surface area (TPSA) is 116 Å². The van der Waals surface area contributed by atoms with Gasteiger partial charge in [-0.15, -0.1) is 0 Å². The molecular formula is C20H17N5O3. The van der Waals surface area contributed by atoms with Gasteiger partial charge in [0.05, 0.1) is 5.56 Å². The van der Waals surface area contributed by atoms with Gasteiger partial charge < -0.3 is 15.5 Å². The molecule has 0 atom stereocenters. The van der Waals surface area contributed by atoms with E-state index in [4.69, 9.17) is 10.2 Å². The number of benzene rings is 2. The summed E-state index contributed by atoms with van der Waals surface area (Å²) < 4.78 is 7.31. The zero-order valence-corrected chi connectivity index (χ0v) is 15.3. The molecule has 28 heavy (non-hydrogen) atoms. The fourth-order valence-electron chi connectivity index (χ4n) is 2.94. The van der Waals surface area contributed by atoms with Gasteiger partial charge in [0.1, 0.15) is 11.2 Å². The number of fused-ring (bicyclic) bond motifs is 1. The summed E-state index contributed by atoms with van der Waals surface area (Å²) in [6.07, 6.45) is 1.56. The number of nitrogens with two attached hydrogens (primary N) is 1. The summed E-state index contributed by atoms with van der Waals surface area (Å²) in [5.41, 5.74) is 9.36. The highest BCUT2D eigenvalue weighted by Crippen LogP contribution is 2.29. The van der Waals surface area contributed by atoms with Crippen LogP contribution in [0.25, 0.3) is 22.6 Å². The maximum atomic E-state index is 12.3. The zero-order valence-electron chi connectivity index (χ0n) is 15.3. The second kappa shape index (κ2) is 6.66. The predicted octanol–water partition coefficient (Wildman–Crippen LogP) is 2.89. The molecule has 0 aliphatic rings. The van der Waals surface area contributed by atoms with E-state index >= 15 is 0 Å². The molecule has 4 rings (SSSR count). The van der Waals surface area contributed by atoms with Crippen molar-refractivity contribution in [3.63, 3.8) is 0 Å². The molecule has 0 bridgehead atoms. The van der Waals surface area contributed by atoms with Gasteiger partial charge in [-0.3, -0.25) is 14.3 Å². The average molecular weight is 375 g/mol. The molecule has 0 unspecified atom stereocenters. The summed E-state index contributed by atoms with van der Waals surface area (Å²) in [7, 11) is 1.70. The Morgan fingerprint density at radius 3 is 2.50 bits per heavy atom. The molecule has 8 heteroatoms. The van der Waals surface area contributed by atoms with Crippen LogP contribution in [0.1, 0.15) is 26.4 Å². The van der Waals surface area contributed by atoms with Crippen LogP contribution in [0.5, 0.6) is 0 Å². The van der Waals surface area contributed by atoms with Crippen LogP contribution in [0.2, 0.25) is 0 Å². The van der Waals surface area contributed by atoms with E-state index in [1.165, 1.54) is 4.68 Å². The minimum atomic E-state index is -0.569. The van der Waals surface area contributed by atoms with Crippen molar-refractivity contribution < 1.29 is 14.0 Å². The number of hydrogen-bond acceptors (Lipinski definition) is 5. The van der Waals surface area contributed by atoms with Gasteiger partial charge in [0.25, 0.3) is 11.8 Å². The highest BCUT2D eigenvalue weighted by molar-refractivity contribution is 6.04. The smallest absolute Gasteiger partial charge is 0.273 e. The number of amides is 2. The van der Waals surface area contributed by atoms with Gasteiger partial charge in [-0.05, 0) is 48.9 Å². The van der Waals surface area contributed by atoms with Crippen molar-refractivity contribution in [1.29, 1.82) is 0 Å². The number of carbonyl (C=O) groups excluding carboxylic acids is 2. The Morgan fingerprint density at radius 1 is 1.11 bits per heavy atom. The van der Waals surface area contributed by atoms with Crippen LogP contribution in [0.15, 0.2) is 53.1 Å². The van der Waals surface area contributed by atoms with E-state index in [1.54, 1.807) is 55.7 Å². The molecule has 0 fully saturated rings. The Kier molecular flexibility index (Phi) is 4.15. The molecule has 0 spiro atoms. The monoisotopic (exact) mass is 375 g/mol. The van der Waals surface area contributed by atoms with Gasteiger partial charge >= 0.3 is 0 Å². The second-order valence-corrected chi connectivity index (χ2v) is 6.36. The highest BCUT2D eigenvalue weighted by atomic mass is 16.3. The van der Waals surface area contributed by atoms with Gasteiger partial charge in [0.2, 0.25) is 5.89 Å². The van der Waals surface area contributed by atoms with E-state index in [0.29, 0.717) is 39.5 Å². The molecule has 0 aliphatic heterocycles. The lowest BCUT2D eigenvalue weighted by Crippen LogP contribution is -2.15. The minimum absolute atomic E-state index is 0.253. The van der Waals surface area contributed by atoms with Crippen molar-refractivity contribution in [3.8, 4) is 11.5 Å². The van der Waals surface area contributed by atoms with Crippen molar-refractivity contribution in [3.05, 3.63) is 65.5 Å². The third kappa shape index (κ3) is 3.01. The Bertz CT molecular complexity index is 1200. The number of carbonyl (C=O) groups is 2. The number of hydrogen-bond donors (Lipinski definition) is 2. The molecule has 0 saturated heterocycles. The number of rotatable bonds is 4. The lowest BCUT2D eigenvalue weighted by molar-refractivity contribution is 0.0997. The van der Waals surface area contributed by atoms with E-state index in [9.17, 15) is 9.59 Å². The van der Waals surface area contributed by atoms with Crippen LogP contribution >= 0.6 is 0 Å². The first-order valence-corrected chi connectivity index (χ1v) is 8.54. The van der Waals surface area contributed by atoms with Gasteiger partial charge in [-0.2, -0.15) is 5.10 Å². The standard InChI is InChI=1S/C20H17N5O3/c1-11-3-8-14(18(21)26)17-16(11)24-20(28-17)12-4-6-13(7-5-12)23-19(27)15-9-10-22-25(15)2/h3-10H,1-2H3,(H2,21,26)(H,23,27). The first-order chi connectivity index (χ1) is 13.4. The quantitative estimate of drug-likeness (QED) is 0.569. The number of nitrogens with one attached hydrogen (secondary N) is 1. The van der Waals surface area contributed by atoms with Gasteiger partial charge in [0, 0.05) is 24.5 Å². The second-order valence-electron chi connectivity index (χ2n) is 6.36. The SMILES string of the molecule is Cc1ccc(C(N)=O)c2oc(-c3ccc(NC(=O)c4ccnn4C)cc3)nc12. The summed E-state index contributed by atoms with van der Waals surface area (Å²) in [5, 5.41) is 6.79. The normalized spacial score (nSPS) is 10.9. The van der Waals surface area contributed by atoms with Crippen LogP contribution in [0.4, 0.5) is 5.69 Å². The van der Waals surface area contributed by atoms with Crippen LogP contribution in [-0.2, 0) is 7.05 Å². The Balaban J connectivity index is 1.63. The molecule has 2 aromatic carbocycles.